The molecule has 1 N–H and O–H groups in total. The van der Waals surface area contributed by atoms with E-state index in [1.165, 1.54) is 10.9 Å². The van der Waals surface area contributed by atoms with Crippen LogP contribution in [-0.2, 0) is 11.2 Å². The fourth-order valence-electron chi connectivity index (χ4n) is 2.75. The molecular weight excluding hydrogens is 224 g/mol. The van der Waals surface area contributed by atoms with Crippen LogP contribution in [0.1, 0.15) is 24.0 Å². The van der Waals surface area contributed by atoms with Gasteiger partial charge in [0.15, 0.2) is 0 Å². The molecule has 1 fully saturated rings. The van der Waals surface area contributed by atoms with Crippen molar-refractivity contribution in [2.45, 2.75) is 26.2 Å². The molecule has 1 aromatic carbocycles. The van der Waals surface area contributed by atoms with E-state index in [9.17, 15) is 4.79 Å². The van der Waals surface area contributed by atoms with E-state index in [0.29, 0.717) is 6.42 Å². The summed E-state index contributed by atoms with van der Waals surface area (Å²) in [5, 5.41) is 1.18. The number of aromatic nitrogens is 1. The number of carbonyl (C=O) groups excluding carboxylic acids is 1. The quantitative estimate of drug-likeness (QED) is 0.863. The van der Waals surface area contributed by atoms with Gasteiger partial charge in [0, 0.05) is 30.2 Å². The highest BCUT2D eigenvalue weighted by molar-refractivity contribution is 5.90. The van der Waals surface area contributed by atoms with Gasteiger partial charge >= 0.3 is 0 Å². The highest BCUT2D eigenvalue weighted by Crippen LogP contribution is 2.22. The molecule has 0 radical (unpaired) electrons. The second-order valence-corrected chi connectivity index (χ2v) is 5.08. The van der Waals surface area contributed by atoms with E-state index in [2.05, 4.69) is 30.1 Å². The smallest absolute Gasteiger partial charge is 0.227 e. The maximum Gasteiger partial charge on any atom is 0.227 e. The van der Waals surface area contributed by atoms with E-state index >= 15 is 0 Å². The average Bonchev–Trinajstić information content (AvgIpc) is 2.99. The maximum absolute atomic E-state index is 12.2. The summed E-state index contributed by atoms with van der Waals surface area (Å²) >= 11 is 0. The van der Waals surface area contributed by atoms with Crippen LogP contribution in [0.3, 0.4) is 0 Å². The number of para-hydroxylation sites is 1. The van der Waals surface area contributed by atoms with Crippen molar-refractivity contribution in [1.29, 1.82) is 0 Å². The zero-order valence-corrected chi connectivity index (χ0v) is 10.7. The standard InChI is InChI=1S/C15H18N2O/c1-11-5-4-6-13-12(10-16-15(11)13)9-14(18)17-7-2-3-8-17/h4-6,10,16H,2-3,7-9H2,1H3. The lowest BCUT2D eigenvalue weighted by molar-refractivity contribution is -0.129. The van der Waals surface area contributed by atoms with Gasteiger partial charge in [0.05, 0.1) is 6.42 Å². The van der Waals surface area contributed by atoms with Gasteiger partial charge in [-0.1, -0.05) is 18.2 Å². The van der Waals surface area contributed by atoms with Gasteiger partial charge in [-0.05, 0) is 30.9 Å². The first kappa shape index (κ1) is 11.3. The number of H-pyrrole nitrogens is 1. The van der Waals surface area contributed by atoms with Gasteiger partial charge in [-0.15, -0.1) is 0 Å². The van der Waals surface area contributed by atoms with Gasteiger partial charge in [0.2, 0.25) is 5.91 Å². The number of amides is 1. The molecular formula is C15H18N2O. The Kier molecular flexibility index (Phi) is 2.82. The predicted molar refractivity (Wildman–Crippen MR) is 72.6 cm³/mol. The Morgan fingerprint density at radius 2 is 2.11 bits per heavy atom. The molecule has 0 unspecified atom stereocenters. The maximum atomic E-state index is 12.2. The molecule has 1 aromatic heterocycles. The minimum Gasteiger partial charge on any atom is -0.361 e. The Morgan fingerprint density at radius 1 is 1.33 bits per heavy atom. The van der Waals surface area contributed by atoms with Crippen LogP contribution in [0, 0.1) is 6.92 Å². The minimum atomic E-state index is 0.259. The normalized spacial score (nSPS) is 15.5. The van der Waals surface area contributed by atoms with Gasteiger partial charge in [-0.2, -0.15) is 0 Å². The summed E-state index contributed by atoms with van der Waals surface area (Å²) in [7, 11) is 0. The van der Waals surface area contributed by atoms with E-state index in [1.807, 2.05) is 11.1 Å². The Morgan fingerprint density at radius 3 is 2.89 bits per heavy atom. The molecule has 1 saturated heterocycles. The van der Waals surface area contributed by atoms with Gasteiger partial charge < -0.3 is 9.88 Å². The van der Waals surface area contributed by atoms with Crippen molar-refractivity contribution < 1.29 is 4.79 Å². The van der Waals surface area contributed by atoms with Gasteiger partial charge in [-0.25, -0.2) is 0 Å². The molecule has 1 aliphatic heterocycles. The van der Waals surface area contributed by atoms with Crippen LogP contribution in [0.2, 0.25) is 0 Å². The van der Waals surface area contributed by atoms with Crippen molar-refractivity contribution >= 4 is 16.8 Å². The number of hydrogen-bond donors (Lipinski definition) is 1. The Balaban J connectivity index is 1.86. The van der Waals surface area contributed by atoms with Crippen molar-refractivity contribution in [2.75, 3.05) is 13.1 Å². The zero-order valence-electron chi connectivity index (χ0n) is 10.7. The lowest BCUT2D eigenvalue weighted by Gasteiger charge is -2.14. The number of benzene rings is 1. The molecule has 0 spiro atoms. The second-order valence-electron chi connectivity index (χ2n) is 5.08. The summed E-state index contributed by atoms with van der Waals surface area (Å²) in [6, 6.07) is 6.23. The highest BCUT2D eigenvalue weighted by atomic mass is 16.2. The molecule has 0 aliphatic carbocycles. The van der Waals surface area contributed by atoms with E-state index in [-0.39, 0.29) is 5.91 Å². The summed E-state index contributed by atoms with van der Waals surface area (Å²) in [5.74, 6) is 0.259. The number of hydrogen-bond acceptors (Lipinski definition) is 1. The number of likely N-dealkylation sites (tertiary alicyclic amines) is 1. The molecule has 1 amide bonds. The van der Waals surface area contributed by atoms with Crippen LogP contribution in [0.15, 0.2) is 24.4 Å². The summed E-state index contributed by atoms with van der Waals surface area (Å²) in [4.78, 5) is 17.4. The lowest BCUT2D eigenvalue weighted by atomic mass is 10.1. The van der Waals surface area contributed by atoms with Crippen LogP contribution in [-0.4, -0.2) is 28.9 Å². The lowest BCUT2D eigenvalue weighted by Crippen LogP contribution is -2.28. The average molecular weight is 242 g/mol. The molecule has 0 saturated carbocycles. The molecule has 18 heavy (non-hydrogen) atoms. The molecule has 94 valence electrons. The molecule has 3 nitrogen and oxygen atoms in total. The van der Waals surface area contributed by atoms with Crippen LogP contribution >= 0.6 is 0 Å². The van der Waals surface area contributed by atoms with E-state index in [4.69, 9.17) is 0 Å². The minimum absolute atomic E-state index is 0.259. The molecule has 0 bridgehead atoms. The SMILES string of the molecule is Cc1cccc2c(CC(=O)N3CCCC3)c[nH]c12. The van der Waals surface area contributed by atoms with E-state index in [0.717, 1.165) is 37.0 Å². The number of carbonyl (C=O) groups is 1. The first-order valence-corrected chi connectivity index (χ1v) is 6.59. The number of fused-ring (bicyclic) bond motifs is 1. The van der Waals surface area contributed by atoms with E-state index in [1.54, 1.807) is 0 Å². The number of aryl methyl sites for hydroxylation is 1. The Hall–Kier alpha value is -1.77. The molecule has 2 aromatic rings. The van der Waals surface area contributed by atoms with E-state index < -0.39 is 0 Å². The summed E-state index contributed by atoms with van der Waals surface area (Å²) in [6.07, 6.45) is 4.80. The van der Waals surface area contributed by atoms with Crippen molar-refractivity contribution in [2.24, 2.45) is 0 Å². The Bertz CT molecular complexity index is 579. The van der Waals surface area contributed by atoms with Crippen molar-refractivity contribution in [3.05, 3.63) is 35.5 Å². The summed E-state index contributed by atoms with van der Waals surface area (Å²) < 4.78 is 0. The second kappa shape index (κ2) is 4.48. The van der Waals surface area contributed by atoms with Crippen molar-refractivity contribution in [3.63, 3.8) is 0 Å². The number of nitrogens with one attached hydrogen (secondary N) is 1. The first-order chi connectivity index (χ1) is 8.75. The third kappa shape index (κ3) is 1.90. The van der Waals surface area contributed by atoms with Gasteiger partial charge in [0.25, 0.3) is 0 Å². The van der Waals surface area contributed by atoms with Crippen LogP contribution < -0.4 is 0 Å². The number of nitrogens with zero attached hydrogens (tertiary/aromatic N) is 1. The monoisotopic (exact) mass is 242 g/mol. The molecule has 3 rings (SSSR count). The fourth-order valence-corrected chi connectivity index (χ4v) is 2.75. The number of aromatic amines is 1. The molecule has 3 heteroatoms. The third-order valence-corrected chi connectivity index (χ3v) is 3.81. The van der Waals surface area contributed by atoms with Gasteiger partial charge in [-0.3, -0.25) is 4.79 Å². The molecule has 2 heterocycles. The largest absolute Gasteiger partial charge is 0.361 e. The zero-order chi connectivity index (χ0) is 12.5. The fraction of sp³-hybridized carbons (Fsp3) is 0.400. The topological polar surface area (TPSA) is 36.1 Å². The van der Waals surface area contributed by atoms with Crippen molar-refractivity contribution in [1.82, 2.24) is 9.88 Å². The van der Waals surface area contributed by atoms with Crippen LogP contribution in [0.4, 0.5) is 0 Å². The predicted octanol–water partition coefficient (Wildman–Crippen LogP) is 2.64. The Labute approximate surface area is 107 Å². The summed E-state index contributed by atoms with van der Waals surface area (Å²) in [5.41, 5.74) is 3.50. The van der Waals surface area contributed by atoms with Crippen LogP contribution in [0.25, 0.3) is 10.9 Å². The molecule has 1 aliphatic rings. The summed E-state index contributed by atoms with van der Waals surface area (Å²) in [6.45, 7) is 3.95. The van der Waals surface area contributed by atoms with Crippen molar-refractivity contribution in [3.8, 4) is 0 Å². The number of rotatable bonds is 2. The highest BCUT2D eigenvalue weighted by Gasteiger charge is 2.19. The molecule has 0 atom stereocenters. The third-order valence-electron chi connectivity index (χ3n) is 3.81. The first-order valence-electron chi connectivity index (χ1n) is 6.59. The van der Waals surface area contributed by atoms with Crippen LogP contribution in [0.5, 0.6) is 0 Å². The van der Waals surface area contributed by atoms with Gasteiger partial charge in [0.1, 0.15) is 0 Å².